The number of hydrogen-bond donors (Lipinski definition) is 2. The number of carboxylic acids is 1. The molecule has 116 valence electrons. The summed E-state index contributed by atoms with van der Waals surface area (Å²) in [6.07, 6.45) is 1.49. The topological polar surface area (TPSA) is 84.2 Å². The third kappa shape index (κ3) is 3.16. The van der Waals surface area contributed by atoms with Crippen LogP contribution in [0.2, 0.25) is 0 Å². The van der Waals surface area contributed by atoms with Crippen molar-refractivity contribution in [1.29, 1.82) is 0 Å². The molecule has 6 heteroatoms. The summed E-state index contributed by atoms with van der Waals surface area (Å²) in [6, 6.07) is 9.47. The molecule has 22 heavy (non-hydrogen) atoms. The molecule has 0 radical (unpaired) electrons. The lowest BCUT2D eigenvalue weighted by molar-refractivity contribution is -0.146. The molecule has 0 aliphatic heterocycles. The van der Waals surface area contributed by atoms with Crippen molar-refractivity contribution in [1.82, 2.24) is 15.1 Å². The van der Waals surface area contributed by atoms with Gasteiger partial charge in [-0.2, -0.15) is 5.10 Å². The van der Waals surface area contributed by atoms with Gasteiger partial charge in [0.05, 0.1) is 22.9 Å². The van der Waals surface area contributed by atoms with Crippen molar-refractivity contribution in [3.05, 3.63) is 42.1 Å². The van der Waals surface area contributed by atoms with Crippen molar-refractivity contribution < 1.29 is 14.7 Å². The minimum atomic E-state index is -1.02. The molecule has 2 aromatic rings. The Bertz CT molecular complexity index is 690. The zero-order chi connectivity index (χ0) is 16.3. The quantitative estimate of drug-likeness (QED) is 0.883. The fourth-order valence-corrected chi connectivity index (χ4v) is 2.01. The number of carbonyl (C=O) groups is 2. The van der Waals surface area contributed by atoms with Crippen LogP contribution >= 0.6 is 0 Å². The van der Waals surface area contributed by atoms with Gasteiger partial charge < -0.3 is 10.4 Å². The maximum atomic E-state index is 12.4. The van der Waals surface area contributed by atoms with Crippen molar-refractivity contribution in [2.24, 2.45) is 12.5 Å². The molecule has 0 spiro atoms. The Morgan fingerprint density at radius 2 is 1.91 bits per heavy atom. The lowest BCUT2D eigenvalue weighted by atomic mass is 9.94. The van der Waals surface area contributed by atoms with Gasteiger partial charge in [0.2, 0.25) is 0 Å². The van der Waals surface area contributed by atoms with Crippen LogP contribution in [-0.4, -0.2) is 33.3 Å². The van der Waals surface area contributed by atoms with Crippen LogP contribution in [0, 0.1) is 5.41 Å². The Morgan fingerprint density at radius 3 is 2.50 bits per heavy atom. The number of carbonyl (C=O) groups excluding carboxylic acids is 1. The Kier molecular flexibility index (Phi) is 4.30. The molecule has 2 rings (SSSR count). The summed E-state index contributed by atoms with van der Waals surface area (Å²) in [5.74, 6) is -1.29. The SMILES string of the molecule is Cn1ncc(C(=O)NCC(C)(C)C(=O)O)c1-c1ccccc1. The normalized spacial score (nSPS) is 11.2. The Morgan fingerprint density at radius 1 is 1.27 bits per heavy atom. The van der Waals surface area contributed by atoms with Crippen LogP contribution in [0.3, 0.4) is 0 Å². The maximum absolute atomic E-state index is 12.4. The van der Waals surface area contributed by atoms with Gasteiger partial charge in [-0.1, -0.05) is 30.3 Å². The van der Waals surface area contributed by atoms with E-state index >= 15 is 0 Å². The second-order valence-corrected chi connectivity index (χ2v) is 5.77. The predicted octanol–water partition coefficient (Wildman–Crippen LogP) is 1.93. The summed E-state index contributed by atoms with van der Waals surface area (Å²) in [5, 5.41) is 15.9. The highest BCUT2D eigenvalue weighted by molar-refractivity contribution is 6.00. The first-order chi connectivity index (χ1) is 10.3. The molecule has 0 bridgehead atoms. The van der Waals surface area contributed by atoms with Crippen LogP contribution in [0.15, 0.2) is 36.5 Å². The lowest BCUT2D eigenvalue weighted by Gasteiger charge is -2.19. The molecular formula is C16H19N3O3. The van der Waals surface area contributed by atoms with Crippen molar-refractivity contribution in [3.8, 4) is 11.3 Å². The summed E-state index contributed by atoms with van der Waals surface area (Å²) >= 11 is 0. The number of aromatic nitrogens is 2. The van der Waals surface area contributed by atoms with Crippen molar-refractivity contribution in [2.45, 2.75) is 13.8 Å². The highest BCUT2D eigenvalue weighted by atomic mass is 16.4. The molecule has 1 amide bonds. The standard InChI is InChI=1S/C16H19N3O3/c1-16(2,15(21)22)10-17-14(20)12-9-18-19(3)13(12)11-7-5-4-6-8-11/h4-9H,10H2,1-3H3,(H,17,20)(H,21,22). The van der Waals surface area contributed by atoms with Gasteiger partial charge in [0, 0.05) is 19.2 Å². The second-order valence-electron chi connectivity index (χ2n) is 5.77. The predicted molar refractivity (Wildman–Crippen MR) is 82.4 cm³/mol. The smallest absolute Gasteiger partial charge is 0.310 e. The van der Waals surface area contributed by atoms with Crippen LogP contribution in [0.25, 0.3) is 11.3 Å². The summed E-state index contributed by atoms with van der Waals surface area (Å²) in [6.45, 7) is 3.18. The number of nitrogens with one attached hydrogen (secondary N) is 1. The van der Waals surface area contributed by atoms with Gasteiger partial charge in [-0.15, -0.1) is 0 Å². The van der Waals surface area contributed by atoms with E-state index in [4.69, 9.17) is 5.11 Å². The van der Waals surface area contributed by atoms with Gasteiger partial charge in [-0.05, 0) is 13.8 Å². The van der Waals surface area contributed by atoms with Gasteiger partial charge in [-0.3, -0.25) is 14.3 Å². The summed E-state index contributed by atoms with van der Waals surface area (Å²) < 4.78 is 1.63. The van der Waals surface area contributed by atoms with Crippen molar-refractivity contribution in [2.75, 3.05) is 6.54 Å². The highest BCUT2D eigenvalue weighted by Crippen LogP contribution is 2.23. The number of aryl methyl sites for hydroxylation is 1. The Labute approximate surface area is 128 Å². The molecule has 6 nitrogen and oxygen atoms in total. The molecule has 1 aromatic heterocycles. The van der Waals surface area contributed by atoms with E-state index in [1.807, 2.05) is 30.3 Å². The number of rotatable bonds is 5. The fourth-order valence-electron chi connectivity index (χ4n) is 2.01. The molecule has 0 unspecified atom stereocenters. The van der Waals surface area contributed by atoms with Crippen LogP contribution in [-0.2, 0) is 11.8 Å². The van der Waals surface area contributed by atoms with Crippen LogP contribution in [0.4, 0.5) is 0 Å². The minimum Gasteiger partial charge on any atom is -0.481 e. The zero-order valence-corrected chi connectivity index (χ0v) is 12.8. The largest absolute Gasteiger partial charge is 0.481 e. The van der Waals surface area contributed by atoms with E-state index in [1.165, 1.54) is 6.20 Å². The number of hydrogen-bond acceptors (Lipinski definition) is 3. The Hall–Kier alpha value is -2.63. The van der Waals surface area contributed by atoms with E-state index < -0.39 is 11.4 Å². The van der Waals surface area contributed by atoms with E-state index in [9.17, 15) is 9.59 Å². The van der Waals surface area contributed by atoms with Crippen LogP contribution < -0.4 is 5.32 Å². The molecule has 1 aromatic carbocycles. The van der Waals surface area contributed by atoms with Gasteiger partial charge in [0.15, 0.2) is 0 Å². The van der Waals surface area contributed by atoms with E-state index in [0.717, 1.165) is 5.56 Å². The lowest BCUT2D eigenvalue weighted by Crippen LogP contribution is -2.39. The molecule has 0 saturated heterocycles. The molecule has 0 atom stereocenters. The average molecular weight is 301 g/mol. The van der Waals surface area contributed by atoms with Crippen molar-refractivity contribution >= 4 is 11.9 Å². The van der Waals surface area contributed by atoms with E-state index in [0.29, 0.717) is 11.3 Å². The summed E-state index contributed by atoms with van der Waals surface area (Å²) in [5.41, 5.74) is 0.983. The molecule has 0 fully saturated rings. The number of carboxylic acid groups (broad SMARTS) is 1. The molecule has 0 aliphatic carbocycles. The molecule has 2 N–H and O–H groups in total. The first-order valence-electron chi connectivity index (χ1n) is 6.92. The number of benzene rings is 1. The number of amides is 1. The van der Waals surface area contributed by atoms with E-state index in [1.54, 1.807) is 25.6 Å². The first-order valence-corrected chi connectivity index (χ1v) is 6.92. The van der Waals surface area contributed by atoms with E-state index in [2.05, 4.69) is 10.4 Å². The number of aliphatic carboxylic acids is 1. The van der Waals surface area contributed by atoms with Gasteiger partial charge in [0.1, 0.15) is 0 Å². The third-order valence-electron chi connectivity index (χ3n) is 3.50. The molecule has 1 heterocycles. The molecule has 0 aliphatic rings. The van der Waals surface area contributed by atoms with Crippen LogP contribution in [0.1, 0.15) is 24.2 Å². The summed E-state index contributed by atoms with van der Waals surface area (Å²) in [4.78, 5) is 23.5. The monoisotopic (exact) mass is 301 g/mol. The first kappa shape index (κ1) is 15.8. The van der Waals surface area contributed by atoms with Gasteiger partial charge in [-0.25, -0.2) is 0 Å². The van der Waals surface area contributed by atoms with Gasteiger partial charge in [0.25, 0.3) is 5.91 Å². The van der Waals surface area contributed by atoms with Crippen molar-refractivity contribution in [3.63, 3.8) is 0 Å². The average Bonchev–Trinajstić information content (AvgIpc) is 2.87. The molecule has 0 saturated carbocycles. The number of nitrogens with zero attached hydrogens (tertiary/aromatic N) is 2. The van der Waals surface area contributed by atoms with E-state index in [-0.39, 0.29) is 12.5 Å². The van der Waals surface area contributed by atoms with Gasteiger partial charge >= 0.3 is 5.97 Å². The molecular weight excluding hydrogens is 282 g/mol. The second kappa shape index (κ2) is 6.01. The van der Waals surface area contributed by atoms with Crippen LogP contribution in [0.5, 0.6) is 0 Å². The third-order valence-corrected chi connectivity index (χ3v) is 3.50. The summed E-state index contributed by atoms with van der Waals surface area (Å²) in [7, 11) is 1.76. The maximum Gasteiger partial charge on any atom is 0.310 e. The minimum absolute atomic E-state index is 0.0459. The fraction of sp³-hybridized carbons (Fsp3) is 0.312. The zero-order valence-electron chi connectivity index (χ0n) is 12.8. The Balaban J connectivity index is 2.24. The highest BCUT2D eigenvalue weighted by Gasteiger charge is 2.28.